The van der Waals surface area contributed by atoms with Crippen molar-refractivity contribution >= 4 is 5.78 Å². The number of hydrogen-bond acceptors (Lipinski definition) is 2. The highest BCUT2D eigenvalue weighted by atomic mass is 16.3. The first-order valence-electron chi connectivity index (χ1n) is 5.24. The number of hydrogen-bond donors (Lipinski definition) is 1. The van der Waals surface area contributed by atoms with Gasteiger partial charge in [0.1, 0.15) is 0 Å². The molecule has 0 saturated heterocycles. The standard InChI is InChI=1S/C13H14O2/c14-12-8-4-7-11(9-12)13(15)10-5-2-1-3-6-10/h1-3,5-7,12,14H,4,8-9H2. The highest BCUT2D eigenvalue weighted by Gasteiger charge is 2.18. The van der Waals surface area contributed by atoms with Gasteiger partial charge < -0.3 is 5.11 Å². The van der Waals surface area contributed by atoms with Gasteiger partial charge in [-0.25, -0.2) is 0 Å². The first kappa shape index (κ1) is 10.1. The summed E-state index contributed by atoms with van der Waals surface area (Å²) in [5.74, 6) is 0.0503. The maximum absolute atomic E-state index is 12.0. The van der Waals surface area contributed by atoms with Crippen LogP contribution in [0.1, 0.15) is 29.6 Å². The Kier molecular flexibility index (Phi) is 2.97. The Morgan fingerprint density at radius 1 is 1.27 bits per heavy atom. The van der Waals surface area contributed by atoms with Gasteiger partial charge in [0.05, 0.1) is 6.10 Å². The van der Waals surface area contributed by atoms with Gasteiger partial charge in [-0.2, -0.15) is 0 Å². The first-order valence-corrected chi connectivity index (χ1v) is 5.24. The van der Waals surface area contributed by atoms with Gasteiger partial charge in [0.15, 0.2) is 5.78 Å². The Hall–Kier alpha value is -1.41. The average molecular weight is 202 g/mol. The van der Waals surface area contributed by atoms with Gasteiger partial charge in [0.2, 0.25) is 0 Å². The number of rotatable bonds is 2. The van der Waals surface area contributed by atoms with Gasteiger partial charge in [-0.15, -0.1) is 0 Å². The van der Waals surface area contributed by atoms with Crippen LogP contribution in [0.3, 0.4) is 0 Å². The summed E-state index contributed by atoms with van der Waals surface area (Å²) in [6.45, 7) is 0. The molecule has 1 aromatic carbocycles. The summed E-state index contributed by atoms with van der Waals surface area (Å²) in [4.78, 5) is 12.0. The van der Waals surface area contributed by atoms with Crippen LogP contribution in [0.5, 0.6) is 0 Å². The van der Waals surface area contributed by atoms with E-state index >= 15 is 0 Å². The lowest BCUT2D eigenvalue weighted by molar-refractivity contribution is 0.0996. The molecule has 2 nitrogen and oxygen atoms in total. The molecule has 1 unspecified atom stereocenters. The molecule has 0 bridgehead atoms. The second-order valence-corrected chi connectivity index (χ2v) is 3.86. The molecule has 1 atom stereocenters. The number of benzene rings is 1. The van der Waals surface area contributed by atoms with Crippen LogP contribution in [0, 0.1) is 0 Å². The van der Waals surface area contributed by atoms with E-state index in [9.17, 15) is 9.90 Å². The molecule has 0 aromatic heterocycles. The van der Waals surface area contributed by atoms with Gasteiger partial charge in [-0.05, 0) is 18.4 Å². The van der Waals surface area contributed by atoms with Crippen LogP contribution < -0.4 is 0 Å². The van der Waals surface area contributed by atoms with Gasteiger partial charge in [-0.1, -0.05) is 36.4 Å². The lowest BCUT2D eigenvalue weighted by Crippen LogP contribution is -2.16. The predicted molar refractivity (Wildman–Crippen MR) is 58.7 cm³/mol. The lowest BCUT2D eigenvalue weighted by Gasteiger charge is -2.17. The maximum Gasteiger partial charge on any atom is 0.188 e. The molecule has 0 saturated carbocycles. The molecule has 1 aliphatic carbocycles. The fourth-order valence-corrected chi connectivity index (χ4v) is 1.85. The minimum atomic E-state index is -0.349. The Bertz CT molecular complexity index is 379. The molecule has 1 N–H and O–H groups in total. The molecule has 2 rings (SSSR count). The zero-order chi connectivity index (χ0) is 10.7. The monoisotopic (exact) mass is 202 g/mol. The molecule has 0 radical (unpaired) electrons. The normalized spacial score (nSPS) is 20.9. The van der Waals surface area contributed by atoms with Crippen molar-refractivity contribution in [3.8, 4) is 0 Å². The molecule has 0 spiro atoms. The third-order valence-electron chi connectivity index (χ3n) is 2.67. The van der Waals surface area contributed by atoms with E-state index in [4.69, 9.17) is 0 Å². The highest BCUT2D eigenvalue weighted by Crippen LogP contribution is 2.21. The van der Waals surface area contributed by atoms with Crippen molar-refractivity contribution in [2.75, 3.05) is 0 Å². The van der Waals surface area contributed by atoms with E-state index in [0.29, 0.717) is 12.0 Å². The SMILES string of the molecule is O=C(C1=CCCC(O)C1)c1ccccc1. The summed E-state index contributed by atoms with van der Waals surface area (Å²) in [5, 5.41) is 9.48. The van der Waals surface area contributed by atoms with E-state index in [0.717, 1.165) is 18.4 Å². The minimum Gasteiger partial charge on any atom is -0.393 e. The van der Waals surface area contributed by atoms with Crippen LogP contribution in [0.25, 0.3) is 0 Å². The van der Waals surface area contributed by atoms with Crippen LogP contribution in [0.2, 0.25) is 0 Å². The molecular weight excluding hydrogens is 188 g/mol. The Balaban J connectivity index is 2.18. The third kappa shape index (κ3) is 2.34. The van der Waals surface area contributed by atoms with E-state index in [1.54, 1.807) is 0 Å². The van der Waals surface area contributed by atoms with Crippen LogP contribution in [0.4, 0.5) is 0 Å². The molecule has 2 heteroatoms. The molecule has 0 aliphatic heterocycles. The van der Waals surface area contributed by atoms with Crippen LogP contribution in [-0.4, -0.2) is 17.0 Å². The summed E-state index contributed by atoms with van der Waals surface area (Å²) in [6, 6.07) is 9.22. The number of aliphatic hydroxyl groups is 1. The smallest absolute Gasteiger partial charge is 0.188 e. The second-order valence-electron chi connectivity index (χ2n) is 3.86. The van der Waals surface area contributed by atoms with Crippen molar-refractivity contribution in [3.05, 3.63) is 47.5 Å². The van der Waals surface area contributed by atoms with E-state index in [1.165, 1.54) is 0 Å². The van der Waals surface area contributed by atoms with Crippen molar-refractivity contribution in [1.82, 2.24) is 0 Å². The third-order valence-corrected chi connectivity index (χ3v) is 2.67. The number of aliphatic hydroxyl groups excluding tert-OH is 1. The first-order chi connectivity index (χ1) is 7.27. The van der Waals surface area contributed by atoms with Crippen molar-refractivity contribution in [2.24, 2.45) is 0 Å². The Labute approximate surface area is 89.2 Å². The zero-order valence-corrected chi connectivity index (χ0v) is 8.52. The van der Waals surface area contributed by atoms with Crippen LogP contribution >= 0.6 is 0 Å². The fraction of sp³-hybridized carbons (Fsp3) is 0.308. The summed E-state index contributed by atoms with van der Waals surface area (Å²) in [7, 11) is 0. The van der Waals surface area contributed by atoms with Crippen molar-refractivity contribution in [3.63, 3.8) is 0 Å². The van der Waals surface area contributed by atoms with Gasteiger partial charge in [-0.3, -0.25) is 4.79 Å². The molecule has 1 aliphatic rings. The fourth-order valence-electron chi connectivity index (χ4n) is 1.85. The Morgan fingerprint density at radius 3 is 2.67 bits per heavy atom. The summed E-state index contributed by atoms with van der Waals surface area (Å²) in [6.07, 6.45) is 3.66. The molecule has 0 heterocycles. The molecule has 0 amide bonds. The van der Waals surface area contributed by atoms with Crippen LogP contribution in [0.15, 0.2) is 42.0 Å². The maximum atomic E-state index is 12.0. The topological polar surface area (TPSA) is 37.3 Å². The number of Topliss-reactive ketones (excluding diaryl/α,β-unsaturated/α-hetero) is 1. The summed E-state index contributed by atoms with van der Waals surface area (Å²) in [5.41, 5.74) is 1.46. The Morgan fingerprint density at radius 2 is 2.00 bits per heavy atom. The predicted octanol–water partition coefficient (Wildman–Crippen LogP) is 2.34. The van der Waals surface area contributed by atoms with E-state index < -0.39 is 0 Å². The zero-order valence-electron chi connectivity index (χ0n) is 8.52. The molecule has 78 valence electrons. The van der Waals surface area contributed by atoms with Crippen molar-refractivity contribution in [2.45, 2.75) is 25.4 Å². The van der Waals surface area contributed by atoms with Gasteiger partial charge in [0, 0.05) is 12.0 Å². The largest absolute Gasteiger partial charge is 0.393 e. The molecule has 1 aromatic rings. The van der Waals surface area contributed by atoms with E-state index in [-0.39, 0.29) is 11.9 Å². The quantitative estimate of drug-likeness (QED) is 0.747. The summed E-state index contributed by atoms with van der Waals surface area (Å²) >= 11 is 0. The molecule has 0 fully saturated rings. The van der Waals surface area contributed by atoms with Crippen LogP contribution in [-0.2, 0) is 0 Å². The van der Waals surface area contributed by atoms with Gasteiger partial charge in [0.25, 0.3) is 0 Å². The summed E-state index contributed by atoms with van der Waals surface area (Å²) < 4.78 is 0. The minimum absolute atomic E-state index is 0.0503. The van der Waals surface area contributed by atoms with Crippen molar-refractivity contribution < 1.29 is 9.90 Å². The number of ketones is 1. The highest BCUT2D eigenvalue weighted by molar-refractivity contribution is 6.08. The lowest BCUT2D eigenvalue weighted by atomic mass is 9.91. The van der Waals surface area contributed by atoms with Gasteiger partial charge >= 0.3 is 0 Å². The molecule has 15 heavy (non-hydrogen) atoms. The number of carbonyl (C=O) groups is 1. The average Bonchev–Trinajstić information content (AvgIpc) is 2.29. The molecular formula is C13H14O2. The number of carbonyl (C=O) groups excluding carboxylic acids is 1. The van der Waals surface area contributed by atoms with Crippen molar-refractivity contribution in [1.29, 1.82) is 0 Å². The van der Waals surface area contributed by atoms with E-state index in [1.807, 2.05) is 36.4 Å². The second kappa shape index (κ2) is 4.41. The van der Waals surface area contributed by atoms with E-state index in [2.05, 4.69) is 0 Å². The number of allylic oxidation sites excluding steroid dienone is 1.